The van der Waals surface area contributed by atoms with Crippen LogP contribution in [0.1, 0.15) is 28.8 Å². The van der Waals surface area contributed by atoms with E-state index >= 15 is 0 Å². The molecule has 0 radical (unpaired) electrons. The predicted molar refractivity (Wildman–Crippen MR) is 83.3 cm³/mol. The summed E-state index contributed by atoms with van der Waals surface area (Å²) < 4.78 is 23.6. The second-order valence-corrected chi connectivity index (χ2v) is 7.72. The number of hydrogen-bond donors (Lipinski definition) is 3. The van der Waals surface area contributed by atoms with E-state index in [4.69, 9.17) is 10.9 Å². The molecule has 1 aliphatic carbocycles. The molecular formula is C13H18BrN3O3S. The van der Waals surface area contributed by atoms with Crippen LogP contribution >= 0.6 is 15.9 Å². The number of rotatable bonds is 5. The topological polar surface area (TPSA) is 115 Å². The molecule has 1 atom stereocenters. The van der Waals surface area contributed by atoms with E-state index in [0.29, 0.717) is 22.5 Å². The minimum Gasteiger partial charge on any atom is -0.348 e. The molecule has 1 amide bonds. The zero-order valence-electron chi connectivity index (χ0n) is 11.6. The zero-order valence-corrected chi connectivity index (χ0v) is 14.0. The summed E-state index contributed by atoms with van der Waals surface area (Å²) in [4.78, 5) is 12.3. The molecule has 21 heavy (non-hydrogen) atoms. The molecule has 0 bridgehead atoms. The third kappa shape index (κ3) is 3.82. The lowest BCUT2D eigenvalue weighted by Crippen LogP contribution is -2.42. The first-order valence-electron chi connectivity index (χ1n) is 6.58. The number of carbonyl (C=O) groups is 1. The Bertz CT molecular complexity index is 671. The molecule has 1 aromatic carbocycles. The van der Waals surface area contributed by atoms with E-state index in [9.17, 15) is 13.2 Å². The monoisotopic (exact) mass is 375 g/mol. The Morgan fingerprint density at radius 3 is 2.57 bits per heavy atom. The summed E-state index contributed by atoms with van der Waals surface area (Å²) in [6, 6.07) is 2.90. The Morgan fingerprint density at radius 1 is 1.48 bits per heavy atom. The number of carbonyl (C=O) groups excluding carboxylic acids is 1. The van der Waals surface area contributed by atoms with Gasteiger partial charge in [0.25, 0.3) is 5.91 Å². The fourth-order valence-corrected chi connectivity index (χ4v) is 3.74. The Balaban J connectivity index is 2.34. The van der Waals surface area contributed by atoms with Gasteiger partial charge < -0.3 is 11.1 Å². The molecule has 2 rings (SSSR count). The minimum absolute atomic E-state index is 0.0576. The summed E-state index contributed by atoms with van der Waals surface area (Å²) in [6.07, 6.45) is 2.12. The van der Waals surface area contributed by atoms with Gasteiger partial charge in [-0.05, 0) is 43.4 Å². The summed E-state index contributed by atoms with van der Waals surface area (Å²) in [7, 11) is -3.88. The Hall–Kier alpha value is -0.960. The van der Waals surface area contributed by atoms with E-state index < -0.39 is 10.0 Å². The van der Waals surface area contributed by atoms with E-state index in [0.717, 1.165) is 12.8 Å². The first-order valence-corrected chi connectivity index (χ1v) is 8.92. The number of primary sulfonamides is 1. The number of sulfonamides is 1. The highest BCUT2D eigenvalue weighted by atomic mass is 79.9. The van der Waals surface area contributed by atoms with Crippen molar-refractivity contribution in [2.75, 3.05) is 6.54 Å². The van der Waals surface area contributed by atoms with E-state index in [-0.39, 0.29) is 22.4 Å². The molecule has 0 aliphatic heterocycles. The minimum atomic E-state index is -3.88. The van der Waals surface area contributed by atoms with Crippen molar-refractivity contribution in [3.63, 3.8) is 0 Å². The fraction of sp³-hybridized carbons (Fsp3) is 0.462. The molecule has 1 unspecified atom stereocenters. The molecule has 0 aromatic heterocycles. The van der Waals surface area contributed by atoms with Gasteiger partial charge in [-0.3, -0.25) is 4.79 Å². The standard InChI is InChI=1S/C13H18BrN3O3S/c1-7-10(4-9(14)5-12(7)21(16,19)20)13(18)17-11(6-15)8-2-3-8/h4-5,8,11H,2-3,6,15H2,1H3,(H,17,18)(H2,16,19,20). The Morgan fingerprint density at radius 2 is 2.10 bits per heavy atom. The van der Waals surface area contributed by atoms with E-state index in [1.165, 1.54) is 6.07 Å². The molecule has 1 aromatic rings. The van der Waals surface area contributed by atoms with Crippen molar-refractivity contribution in [2.45, 2.75) is 30.7 Å². The Labute approximate surface area is 132 Å². The van der Waals surface area contributed by atoms with E-state index in [1.807, 2.05) is 0 Å². The molecule has 1 fully saturated rings. The van der Waals surface area contributed by atoms with Crippen molar-refractivity contribution < 1.29 is 13.2 Å². The average Bonchev–Trinajstić information content (AvgIpc) is 3.21. The summed E-state index contributed by atoms with van der Waals surface area (Å²) in [5.41, 5.74) is 6.29. The molecule has 1 aliphatic rings. The van der Waals surface area contributed by atoms with Crippen LogP contribution in [-0.4, -0.2) is 26.9 Å². The molecule has 1 saturated carbocycles. The van der Waals surface area contributed by atoms with Crippen LogP contribution in [0.5, 0.6) is 0 Å². The number of nitrogens with one attached hydrogen (secondary N) is 1. The van der Waals surface area contributed by atoms with Crippen molar-refractivity contribution in [2.24, 2.45) is 16.8 Å². The predicted octanol–water partition coefficient (Wildman–Crippen LogP) is 0.872. The van der Waals surface area contributed by atoms with Crippen LogP contribution in [0.25, 0.3) is 0 Å². The number of halogens is 1. The first kappa shape index (κ1) is 16.4. The highest BCUT2D eigenvalue weighted by molar-refractivity contribution is 9.10. The van der Waals surface area contributed by atoms with Gasteiger partial charge in [-0.2, -0.15) is 0 Å². The highest BCUT2D eigenvalue weighted by Crippen LogP contribution is 2.32. The molecule has 6 nitrogen and oxygen atoms in total. The lowest BCUT2D eigenvalue weighted by molar-refractivity contribution is 0.0932. The largest absolute Gasteiger partial charge is 0.348 e. The third-order valence-electron chi connectivity index (χ3n) is 3.64. The normalized spacial score (nSPS) is 16.6. The maximum atomic E-state index is 12.4. The van der Waals surface area contributed by atoms with Gasteiger partial charge in [0.2, 0.25) is 10.0 Å². The Kier molecular flexibility index (Phi) is 4.72. The van der Waals surface area contributed by atoms with Gasteiger partial charge in [-0.15, -0.1) is 0 Å². The van der Waals surface area contributed by atoms with Crippen molar-refractivity contribution in [3.8, 4) is 0 Å². The molecule has 5 N–H and O–H groups in total. The lowest BCUT2D eigenvalue weighted by Gasteiger charge is -2.18. The molecular weight excluding hydrogens is 358 g/mol. The third-order valence-corrected chi connectivity index (χ3v) is 5.13. The van der Waals surface area contributed by atoms with E-state index in [1.54, 1.807) is 13.0 Å². The summed E-state index contributed by atoms with van der Waals surface area (Å²) in [5, 5.41) is 8.05. The second kappa shape index (κ2) is 6.04. The van der Waals surface area contributed by atoms with Gasteiger partial charge in [-0.1, -0.05) is 15.9 Å². The quantitative estimate of drug-likeness (QED) is 0.707. The molecule has 0 saturated heterocycles. The molecule has 116 valence electrons. The highest BCUT2D eigenvalue weighted by Gasteiger charge is 2.32. The number of amides is 1. The molecule has 0 heterocycles. The van der Waals surface area contributed by atoms with Crippen LogP contribution in [0.2, 0.25) is 0 Å². The SMILES string of the molecule is Cc1c(C(=O)NC(CN)C2CC2)cc(Br)cc1S(N)(=O)=O. The van der Waals surface area contributed by atoms with Crippen LogP contribution in [0, 0.1) is 12.8 Å². The van der Waals surface area contributed by atoms with Crippen molar-refractivity contribution >= 4 is 31.9 Å². The van der Waals surface area contributed by atoms with Gasteiger partial charge in [0, 0.05) is 22.6 Å². The van der Waals surface area contributed by atoms with Gasteiger partial charge in [0.05, 0.1) is 4.90 Å². The van der Waals surface area contributed by atoms with Gasteiger partial charge in [0.1, 0.15) is 0 Å². The van der Waals surface area contributed by atoms with Crippen LogP contribution < -0.4 is 16.2 Å². The first-order chi connectivity index (χ1) is 9.74. The van der Waals surface area contributed by atoms with Crippen LogP contribution in [0.3, 0.4) is 0 Å². The van der Waals surface area contributed by atoms with Crippen molar-refractivity contribution in [1.29, 1.82) is 0 Å². The second-order valence-electron chi connectivity index (χ2n) is 5.27. The van der Waals surface area contributed by atoms with Crippen LogP contribution in [0.15, 0.2) is 21.5 Å². The van der Waals surface area contributed by atoms with Gasteiger partial charge >= 0.3 is 0 Å². The van der Waals surface area contributed by atoms with E-state index in [2.05, 4.69) is 21.2 Å². The summed E-state index contributed by atoms with van der Waals surface area (Å²) >= 11 is 3.21. The van der Waals surface area contributed by atoms with Crippen molar-refractivity contribution in [1.82, 2.24) is 5.32 Å². The van der Waals surface area contributed by atoms with Gasteiger partial charge in [-0.25, -0.2) is 13.6 Å². The van der Waals surface area contributed by atoms with Crippen LogP contribution in [-0.2, 0) is 10.0 Å². The number of nitrogens with two attached hydrogens (primary N) is 2. The maximum Gasteiger partial charge on any atom is 0.251 e. The van der Waals surface area contributed by atoms with Crippen molar-refractivity contribution in [3.05, 3.63) is 27.7 Å². The summed E-state index contributed by atoms with van der Waals surface area (Å²) in [6.45, 7) is 1.93. The van der Waals surface area contributed by atoms with Gasteiger partial charge in [0.15, 0.2) is 0 Å². The number of benzene rings is 1. The maximum absolute atomic E-state index is 12.4. The zero-order chi connectivity index (χ0) is 15.8. The molecule has 0 spiro atoms. The molecule has 8 heteroatoms. The van der Waals surface area contributed by atoms with Crippen LogP contribution in [0.4, 0.5) is 0 Å². The fourth-order valence-electron chi connectivity index (χ4n) is 2.30. The lowest BCUT2D eigenvalue weighted by atomic mass is 10.1. The average molecular weight is 376 g/mol. The summed E-state index contributed by atoms with van der Waals surface area (Å²) in [5.74, 6) is 0.0881. The smallest absolute Gasteiger partial charge is 0.251 e. The number of hydrogen-bond acceptors (Lipinski definition) is 4.